The average molecular weight is 439 g/mol. The second-order valence-corrected chi connectivity index (χ2v) is 8.26. The number of carbonyl (C=O) groups excluding carboxylic acids is 1. The molecule has 3 rings (SSSR count). The zero-order valence-corrected chi connectivity index (χ0v) is 16.5. The highest BCUT2D eigenvalue weighted by atomic mass is 35.6. The van der Waals surface area contributed by atoms with Crippen molar-refractivity contribution in [3.05, 3.63) is 82.4 Å². The van der Waals surface area contributed by atoms with Gasteiger partial charge in [0.2, 0.25) is 3.79 Å². The molecule has 144 valence electrons. The first-order valence-electron chi connectivity index (χ1n) is 8.12. The van der Waals surface area contributed by atoms with Crippen molar-refractivity contribution in [2.75, 3.05) is 5.32 Å². The Morgan fingerprint density at radius 2 is 1.61 bits per heavy atom. The van der Waals surface area contributed by atoms with Gasteiger partial charge in [0.05, 0.1) is 4.92 Å². The summed E-state index contributed by atoms with van der Waals surface area (Å²) in [7, 11) is 0. The molecule has 6 nitrogen and oxygen atoms in total. The van der Waals surface area contributed by atoms with Crippen LogP contribution in [0.25, 0.3) is 10.8 Å². The lowest BCUT2D eigenvalue weighted by atomic mass is 10.1. The minimum absolute atomic E-state index is 0.133. The fourth-order valence-electron chi connectivity index (χ4n) is 2.74. The molecule has 0 saturated heterocycles. The Morgan fingerprint density at radius 3 is 2.32 bits per heavy atom. The summed E-state index contributed by atoms with van der Waals surface area (Å²) in [5.74, 6) is -0.739. The van der Waals surface area contributed by atoms with Gasteiger partial charge in [0.15, 0.2) is 0 Å². The fourth-order valence-corrected chi connectivity index (χ4v) is 3.07. The van der Waals surface area contributed by atoms with Gasteiger partial charge in [-0.3, -0.25) is 14.9 Å². The van der Waals surface area contributed by atoms with Crippen molar-refractivity contribution in [2.24, 2.45) is 0 Å². The number of hydrogen-bond acceptors (Lipinski definition) is 4. The number of rotatable bonds is 5. The number of carbonyl (C=O) groups is 1. The molecule has 2 N–H and O–H groups in total. The smallest absolute Gasteiger partial charge is 0.282 e. The molecule has 0 saturated carbocycles. The zero-order valence-electron chi connectivity index (χ0n) is 14.2. The second-order valence-electron chi connectivity index (χ2n) is 5.89. The third kappa shape index (κ3) is 4.47. The van der Waals surface area contributed by atoms with Crippen LogP contribution in [-0.4, -0.2) is 20.8 Å². The summed E-state index contributed by atoms with van der Waals surface area (Å²) in [6.07, 6.45) is -1.14. The van der Waals surface area contributed by atoms with E-state index in [1.807, 2.05) is 36.4 Å². The van der Waals surface area contributed by atoms with Crippen LogP contribution in [0.2, 0.25) is 0 Å². The molecule has 1 amide bonds. The van der Waals surface area contributed by atoms with Crippen LogP contribution in [0.3, 0.4) is 0 Å². The van der Waals surface area contributed by atoms with Crippen molar-refractivity contribution in [3.8, 4) is 0 Å². The summed E-state index contributed by atoms with van der Waals surface area (Å²) in [5, 5.41) is 18.5. The fraction of sp³-hybridized carbons (Fsp3) is 0.105. The second kappa shape index (κ2) is 8.22. The lowest BCUT2D eigenvalue weighted by Crippen LogP contribution is -2.49. The highest BCUT2D eigenvalue weighted by molar-refractivity contribution is 6.68. The number of alkyl halides is 3. The Kier molecular flexibility index (Phi) is 5.93. The predicted octanol–water partition coefficient (Wildman–Crippen LogP) is 5.29. The van der Waals surface area contributed by atoms with E-state index in [1.165, 1.54) is 24.3 Å². The van der Waals surface area contributed by atoms with Gasteiger partial charge >= 0.3 is 0 Å². The van der Waals surface area contributed by atoms with Gasteiger partial charge in [0.25, 0.3) is 11.6 Å². The van der Waals surface area contributed by atoms with E-state index in [-0.39, 0.29) is 11.3 Å². The maximum Gasteiger partial charge on any atom is 0.282 e. The van der Waals surface area contributed by atoms with Gasteiger partial charge in [-0.15, -0.1) is 0 Å². The maximum absolute atomic E-state index is 12.6. The van der Waals surface area contributed by atoms with Crippen LogP contribution >= 0.6 is 34.8 Å². The minimum atomic E-state index is -1.92. The van der Waals surface area contributed by atoms with Crippen molar-refractivity contribution >= 4 is 62.9 Å². The molecule has 0 aliphatic heterocycles. The summed E-state index contributed by atoms with van der Waals surface area (Å²) in [6.45, 7) is 0. The molecule has 3 aromatic rings. The van der Waals surface area contributed by atoms with Crippen LogP contribution in [-0.2, 0) is 0 Å². The molecule has 1 atom stereocenters. The number of hydrogen-bond donors (Lipinski definition) is 2. The number of anilines is 1. The molecule has 0 bridgehead atoms. The molecule has 0 aromatic heterocycles. The van der Waals surface area contributed by atoms with Gasteiger partial charge in [-0.05, 0) is 17.5 Å². The topological polar surface area (TPSA) is 84.3 Å². The largest absolute Gasteiger partial charge is 0.361 e. The number of fused-ring (bicyclic) bond motifs is 1. The molecular formula is C19H14Cl3N3O3. The van der Waals surface area contributed by atoms with E-state index in [1.54, 1.807) is 6.07 Å². The van der Waals surface area contributed by atoms with Gasteiger partial charge in [0.1, 0.15) is 11.7 Å². The molecule has 28 heavy (non-hydrogen) atoms. The van der Waals surface area contributed by atoms with E-state index in [2.05, 4.69) is 10.6 Å². The summed E-state index contributed by atoms with van der Waals surface area (Å²) in [6, 6.07) is 18.7. The zero-order chi connectivity index (χ0) is 20.3. The third-order valence-corrected chi connectivity index (χ3v) is 4.69. The Hall–Kier alpha value is -2.54. The van der Waals surface area contributed by atoms with Crippen LogP contribution in [0.4, 0.5) is 11.4 Å². The number of nitro groups is 1. The third-order valence-electron chi connectivity index (χ3n) is 4.04. The summed E-state index contributed by atoms with van der Waals surface area (Å²) in [5.41, 5.74) is 0.164. The lowest BCUT2D eigenvalue weighted by Gasteiger charge is -2.28. The van der Waals surface area contributed by atoms with E-state index in [0.29, 0.717) is 5.69 Å². The molecule has 0 heterocycles. The van der Waals surface area contributed by atoms with Gasteiger partial charge in [0, 0.05) is 17.1 Å². The van der Waals surface area contributed by atoms with Crippen LogP contribution in [0, 0.1) is 10.1 Å². The highest BCUT2D eigenvalue weighted by Crippen LogP contribution is 2.33. The molecule has 0 aliphatic rings. The van der Waals surface area contributed by atoms with Crippen LogP contribution in [0.1, 0.15) is 10.4 Å². The first-order valence-corrected chi connectivity index (χ1v) is 9.26. The molecule has 0 radical (unpaired) electrons. The van der Waals surface area contributed by atoms with Crippen molar-refractivity contribution in [2.45, 2.75) is 9.96 Å². The molecular weight excluding hydrogens is 425 g/mol. The SMILES string of the molecule is O=C(N[C@H](Nc1cccc2ccccc12)C(Cl)(Cl)Cl)c1ccccc1[N+](=O)[O-]. The number of nitro benzene ring substituents is 1. The monoisotopic (exact) mass is 437 g/mol. The predicted molar refractivity (Wildman–Crippen MR) is 112 cm³/mol. The molecule has 0 fully saturated rings. The van der Waals surface area contributed by atoms with E-state index in [9.17, 15) is 14.9 Å². The first-order chi connectivity index (χ1) is 13.3. The molecule has 0 aliphatic carbocycles. The van der Waals surface area contributed by atoms with Crippen LogP contribution < -0.4 is 10.6 Å². The average Bonchev–Trinajstić information content (AvgIpc) is 2.66. The Bertz CT molecular complexity index is 1030. The van der Waals surface area contributed by atoms with Crippen molar-refractivity contribution < 1.29 is 9.72 Å². The number of amides is 1. The van der Waals surface area contributed by atoms with Crippen LogP contribution in [0.15, 0.2) is 66.7 Å². The number of nitrogens with one attached hydrogen (secondary N) is 2. The Morgan fingerprint density at radius 1 is 0.964 bits per heavy atom. The number of benzene rings is 3. The Balaban J connectivity index is 1.92. The van der Waals surface area contributed by atoms with Gasteiger partial charge in [-0.2, -0.15) is 0 Å². The molecule has 9 heteroatoms. The summed E-state index contributed by atoms with van der Waals surface area (Å²) < 4.78 is -1.92. The van der Waals surface area contributed by atoms with Gasteiger partial charge < -0.3 is 10.6 Å². The van der Waals surface area contributed by atoms with E-state index in [0.717, 1.165) is 10.8 Å². The van der Waals surface area contributed by atoms with Crippen molar-refractivity contribution in [1.29, 1.82) is 0 Å². The molecule has 3 aromatic carbocycles. The molecule has 0 unspecified atom stereocenters. The normalized spacial score (nSPS) is 12.4. The van der Waals surface area contributed by atoms with E-state index in [4.69, 9.17) is 34.8 Å². The maximum atomic E-state index is 12.6. The summed E-state index contributed by atoms with van der Waals surface area (Å²) >= 11 is 18.2. The summed E-state index contributed by atoms with van der Waals surface area (Å²) in [4.78, 5) is 23.2. The van der Waals surface area contributed by atoms with E-state index >= 15 is 0 Å². The van der Waals surface area contributed by atoms with E-state index < -0.39 is 20.8 Å². The highest BCUT2D eigenvalue weighted by Gasteiger charge is 2.35. The van der Waals surface area contributed by atoms with Gasteiger partial charge in [-0.25, -0.2) is 0 Å². The Labute approximate surface area is 175 Å². The number of para-hydroxylation sites is 1. The lowest BCUT2D eigenvalue weighted by molar-refractivity contribution is -0.385. The quantitative estimate of drug-likeness (QED) is 0.245. The number of nitrogens with zero attached hydrogens (tertiary/aromatic N) is 1. The number of halogens is 3. The van der Waals surface area contributed by atoms with Crippen LogP contribution in [0.5, 0.6) is 0 Å². The van der Waals surface area contributed by atoms with Crippen molar-refractivity contribution in [3.63, 3.8) is 0 Å². The molecule has 0 spiro atoms. The van der Waals surface area contributed by atoms with Gasteiger partial charge in [-0.1, -0.05) is 83.3 Å². The first kappa shape index (κ1) is 20.2. The van der Waals surface area contributed by atoms with Crippen molar-refractivity contribution in [1.82, 2.24) is 5.32 Å². The minimum Gasteiger partial charge on any atom is -0.361 e. The standard InChI is InChI=1S/C19H14Cl3N3O3/c20-19(21,22)18(23-15-10-5-7-12-6-1-2-8-13(12)15)24-17(26)14-9-3-4-11-16(14)25(27)28/h1-11,18,23H,(H,24,26)/t18-/m0/s1.